The van der Waals surface area contributed by atoms with Crippen molar-refractivity contribution < 1.29 is 0 Å². The quantitative estimate of drug-likeness (QED) is 0.818. The number of thioether (sulfide) groups is 1. The molecule has 2 heterocycles. The minimum atomic E-state index is 0.371. The Labute approximate surface area is 86.9 Å². The van der Waals surface area contributed by atoms with Gasteiger partial charge in [0.15, 0.2) is 0 Å². The van der Waals surface area contributed by atoms with Crippen LogP contribution < -0.4 is 5.73 Å². The summed E-state index contributed by atoms with van der Waals surface area (Å²) in [7, 11) is 0. The Balaban J connectivity index is 2.23. The number of hydrogen-bond acceptors (Lipinski definition) is 4. The fourth-order valence-electron chi connectivity index (χ4n) is 1.55. The molecule has 1 fully saturated rings. The van der Waals surface area contributed by atoms with Crippen molar-refractivity contribution in [3.63, 3.8) is 0 Å². The molecule has 1 aromatic rings. The van der Waals surface area contributed by atoms with Gasteiger partial charge in [0.05, 0.1) is 0 Å². The predicted molar refractivity (Wildman–Crippen MR) is 59.3 cm³/mol. The molecule has 2 N–H and O–H groups in total. The molecule has 0 saturated carbocycles. The first-order chi connectivity index (χ1) is 6.24. The maximum atomic E-state index is 5.55. The molecule has 0 amide bonds. The summed E-state index contributed by atoms with van der Waals surface area (Å²) in [6.45, 7) is 2.91. The zero-order chi connectivity index (χ0) is 9.31. The van der Waals surface area contributed by atoms with Gasteiger partial charge in [-0.25, -0.2) is 4.98 Å². The van der Waals surface area contributed by atoms with E-state index in [9.17, 15) is 0 Å². The maximum Gasteiger partial charge on any atom is 0.106 e. The Hall–Kier alpha value is -0.0600. The molecule has 0 radical (unpaired) electrons. The van der Waals surface area contributed by atoms with Crippen LogP contribution >= 0.6 is 23.1 Å². The number of nitrogens with zero attached hydrogens (tertiary/aromatic N) is 1. The molecule has 1 atom stereocenters. The lowest BCUT2D eigenvalue weighted by molar-refractivity contribution is 0.551. The Morgan fingerprint density at radius 1 is 1.69 bits per heavy atom. The van der Waals surface area contributed by atoms with Crippen molar-refractivity contribution in [2.75, 3.05) is 11.5 Å². The van der Waals surface area contributed by atoms with Crippen LogP contribution in [0.5, 0.6) is 0 Å². The topological polar surface area (TPSA) is 38.9 Å². The van der Waals surface area contributed by atoms with E-state index in [2.05, 4.69) is 11.9 Å². The van der Waals surface area contributed by atoms with Crippen molar-refractivity contribution in [3.8, 4) is 0 Å². The number of aromatic nitrogens is 1. The number of thiazole rings is 1. The molecule has 1 aromatic heterocycles. The van der Waals surface area contributed by atoms with Crippen LogP contribution in [0.15, 0.2) is 6.20 Å². The summed E-state index contributed by atoms with van der Waals surface area (Å²) in [5.74, 6) is 2.52. The molecular weight excluding hydrogens is 200 g/mol. The molecule has 2 nitrogen and oxygen atoms in total. The third-order valence-electron chi connectivity index (χ3n) is 2.54. The summed E-state index contributed by atoms with van der Waals surface area (Å²) in [4.78, 5) is 5.72. The average molecular weight is 214 g/mol. The highest BCUT2D eigenvalue weighted by Gasteiger charge is 2.32. The zero-order valence-electron chi connectivity index (χ0n) is 7.75. The summed E-state index contributed by atoms with van der Waals surface area (Å²) in [5.41, 5.74) is 5.92. The van der Waals surface area contributed by atoms with Gasteiger partial charge in [0.2, 0.25) is 0 Å². The summed E-state index contributed by atoms with van der Waals surface area (Å²) in [6.07, 6.45) is 3.29. The summed E-state index contributed by atoms with van der Waals surface area (Å²) >= 11 is 3.82. The van der Waals surface area contributed by atoms with Gasteiger partial charge < -0.3 is 5.73 Å². The third-order valence-corrected chi connectivity index (χ3v) is 5.20. The second kappa shape index (κ2) is 3.59. The molecular formula is C9H14N2S2. The fraction of sp³-hybridized carbons (Fsp3) is 0.667. The van der Waals surface area contributed by atoms with Gasteiger partial charge in [-0.15, -0.1) is 11.3 Å². The van der Waals surface area contributed by atoms with Crippen LogP contribution in [0.3, 0.4) is 0 Å². The van der Waals surface area contributed by atoms with E-state index in [4.69, 9.17) is 5.73 Å². The first kappa shape index (κ1) is 9.49. The highest BCUT2D eigenvalue weighted by atomic mass is 32.2. The standard InChI is InChI=1S/C9H14N2S2/c1-9(2-3-12-6-9)7-5-11-8(4-10)13-7/h5H,2-4,6,10H2,1H3. The Morgan fingerprint density at radius 2 is 2.54 bits per heavy atom. The molecule has 0 spiro atoms. The van der Waals surface area contributed by atoms with Crippen molar-refractivity contribution in [2.45, 2.75) is 25.3 Å². The third kappa shape index (κ3) is 1.75. The van der Waals surface area contributed by atoms with Gasteiger partial charge in [0.1, 0.15) is 5.01 Å². The fourth-order valence-corrected chi connectivity index (χ4v) is 4.09. The van der Waals surface area contributed by atoms with E-state index in [1.165, 1.54) is 22.8 Å². The highest BCUT2D eigenvalue weighted by Crippen LogP contribution is 2.40. The molecule has 13 heavy (non-hydrogen) atoms. The molecule has 4 heteroatoms. The Kier molecular flexibility index (Phi) is 2.62. The molecule has 0 aromatic carbocycles. The van der Waals surface area contributed by atoms with E-state index in [1.54, 1.807) is 11.3 Å². The van der Waals surface area contributed by atoms with Crippen LogP contribution in [0.2, 0.25) is 0 Å². The van der Waals surface area contributed by atoms with Gasteiger partial charge >= 0.3 is 0 Å². The minimum Gasteiger partial charge on any atom is -0.325 e. The van der Waals surface area contributed by atoms with Crippen molar-refractivity contribution in [2.24, 2.45) is 5.73 Å². The molecule has 1 saturated heterocycles. The van der Waals surface area contributed by atoms with Crippen molar-refractivity contribution in [1.82, 2.24) is 4.98 Å². The van der Waals surface area contributed by atoms with Crippen LogP contribution in [0.4, 0.5) is 0 Å². The smallest absolute Gasteiger partial charge is 0.106 e. The largest absolute Gasteiger partial charge is 0.325 e. The van der Waals surface area contributed by atoms with Crippen molar-refractivity contribution in [3.05, 3.63) is 16.1 Å². The lowest BCUT2D eigenvalue weighted by Gasteiger charge is -2.19. The first-order valence-corrected chi connectivity index (χ1v) is 6.45. The van der Waals surface area contributed by atoms with Crippen LogP contribution in [-0.4, -0.2) is 16.5 Å². The summed E-state index contributed by atoms with van der Waals surface area (Å²) in [5, 5.41) is 1.06. The molecule has 1 unspecified atom stereocenters. The van der Waals surface area contributed by atoms with E-state index in [0.29, 0.717) is 12.0 Å². The maximum absolute atomic E-state index is 5.55. The van der Waals surface area contributed by atoms with E-state index in [1.807, 2.05) is 18.0 Å². The SMILES string of the molecule is CC1(c2cnc(CN)s2)CCSC1. The van der Waals surface area contributed by atoms with Crippen LogP contribution in [0, 0.1) is 0 Å². The number of hydrogen-bond donors (Lipinski definition) is 1. The van der Waals surface area contributed by atoms with E-state index >= 15 is 0 Å². The van der Waals surface area contributed by atoms with Crippen molar-refractivity contribution in [1.29, 1.82) is 0 Å². The second-order valence-corrected chi connectivity index (χ2v) is 5.91. The normalized spacial score (nSPS) is 28.2. The minimum absolute atomic E-state index is 0.371. The van der Waals surface area contributed by atoms with Gasteiger partial charge in [-0.1, -0.05) is 6.92 Å². The Bertz CT molecular complexity index is 290. The van der Waals surface area contributed by atoms with Crippen LogP contribution in [0.1, 0.15) is 23.2 Å². The number of nitrogens with two attached hydrogens (primary N) is 1. The molecule has 0 aliphatic carbocycles. The van der Waals surface area contributed by atoms with E-state index < -0.39 is 0 Å². The molecule has 1 aliphatic rings. The number of rotatable bonds is 2. The van der Waals surface area contributed by atoms with Crippen LogP contribution in [-0.2, 0) is 12.0 Å². The molecule has 0 bridgehead atoms. The summed E-state index contributed by atoms with van der Waals surface area (Å²) in [6, 6.07) is 0. The summed E-state index contributed by atoms with van der Waals surface area (Å²) < 4.78 is 0. The lowest BCUT2D eigenvalue weighted by atomic mass is 9.89. The van der Waals surface area contributed by atoms with Gasteiger partial charge in [-0.3, -0.25) is 0 Å². The molecule has 2 rings (SSSR count). The zero-order valence-corrected chi connectivity index (χ0v) is 9.38. The predicted octanol–water partition coefficient (Wildman–Crippen LogP) is 2.00. The second-order valence-electron chi connectivity index (χ2n) is 3.69. The highest BCUT2D eigenvalue weighted by molar-refractivity contribution is 7.99. The average Bonchev–Trinajstić information content (AvgIpc) is 2.72. The molecule has 1 aliphatic heterocycles. The van der Waals surface area contributed by atoms with Crippen molar-refractivity contribution >= 4 is 23.1 Å². The monoisotopic (exact) mass is 214 g/mol. The van der Waals surface area contributed by atoms with Gasteiger partial charge in [-0.05, 0) is 12.2 Å². The molecule has 72 valence electrons. The van der Waals surface area contributed by atoms with E-state index in [-0.39, 0.29) is 0 Å². The lowest BCUT2D eigenvalue weighted by Crippen LogP contribution is -2.18. The first-order valence-electron chi connectivity index (χ1n) is 4.47. The van der Waals surface area contributed by atoms with Gasteiger partial charge in [-0.2, -0.15) is 11.8 Å². The van der Waals surface area contributed by atoms with Gasteiger partial charge in [0, 0.05) is 28.8 Å². The van der Waals surface area contributed by atoms with Gasteiger partial charge in [0.25, 0.3) is 0 Å². The van der Waals surface area contributed by atoms with E-state index in [0.717, 1.165) is 5.01 Å². The van der Waals surface area contributed by atoms with Crippen LogP contribution in [0.25, 0.3) is 0 Å². The Morgan fingerprint density at radius 3 is 3.08 bits per heavy atom.